The van der Waals surface area contributed by atoms with Crippen LogP contribution < -0.4 is 4.90 Å². The van der Waals surface area contributed by atoms with Crippen molar-refractivity contribution in [2.45, 2.75) is 33.4 Å². The van der Waals surface area contributed by atoms with E-state index in [1.54, 1.807) is 11.0 Å². The predicted octanol–water partition coefficient (Wildman–Crippen LogP) is 2.80. The fraction of sp³-hybridized carbons (Fsp3) is 0.400. The fourth-order valence-electron chi connectivity index (χ4n) is 3.82. The molecular weight excluding hydrogens is 345 g/mol. The van der Waals surface area contributed by atoms with Crippen LogP contribution in [0.5, 0.6) is 0 Å². The first-order valence-electron chi connectivity index (χ1n) is 9.06. The number of fused-ring (bicyclic) bond motifs is 1. The van der Waals surface area contributed by atoms with Crippen LogP contribution in [0.2, 0.25) is 0 Å². The van der Waals surface area contributed by atoms with E-state index in [0.29, 0.717) is 30.4 Å². The molecule has 0 spiro atoms. The number of nitrogens with zero attached hydrogens (tertiary/aromatic N) is 5. The van der Waals surface area contributed by atoms with Crippen molar-refractivity contribution in [3.63, 3.8) is 0 Å². The molecule has 1 aromatic carbocycles. The topological polar surface area (TPSA) is 73.1 Å². The first-order valence-corrected chi connectivity index (χ1v) is 9.06. The Hall–Kier alpha value is -3.01. The zero-order valence-corrected chi connectivity index (χ0v) is 15.4. The minimum absolute atomic E-state index is 0.125. The van der Waals surface area contributed by atoms with Gasteiger partial charge in [0.1, 0.15) is 23.5 Å². The zero-order valence-electron chi connectivity index (χ0n) is 15.4. The molecule has 138 valence electrons. The van der Waals surface area contributed by atoms with Crippen LogP contribution >= 0.6 is 0 Å². The number of amides is 1. The summed E-state index contributed by atoms with van der Waals surface area (Å²) in [4.78, 5) is 26.0. The highest BCUT2D eigenvalue weighted by molar-refractivity contribution is 5.95. The Morgan fingerprint density at radius 1 is 1.33 bits per heavy atom. The molecule has 0 bridgehead atoms. The van der Waals surface area contributed by atoms with Gasteiger partial charge in [0.05, 0.1) is 24.3 Å². The van der Waals surface area contributed by atoms with Crippen LogP contribution in [0.4, 0.5) is 10.2 Å². The predicted molar refractivity (Wildman–Crippen MR) is 97.5 cm³/mol. The number of benzene rings is 1. The van der Waals surface area contributed by atoms with E-state index < -0.39 is 5.82 Å². The molecule has 7 heteroatoms. The number of hydrogen-bond acceptors (Lipinski definition) is 5. The average molecular weight is 365 g/mol. The van der Waals surface area contributed by atoms with Crippen molar-refractivity contribution in [3.05, 3.63) is 52.2 Å². The van der Waals surface area contributed by atoms with Crippen molar-refractivity contribution >= 4 is 11.7 Å². The lowest BCUT2D eigenvalue weighted by Gasteiger charge is -2.20. The maximum Gasteiger partial charge on any atom is 0.254 e. The quantitative estimate of drug-likeness (QED) is 0.818. The van der Waals surface area contributed by atoms with Crippen molar-refractivity contribution in [3.8, 4) is 6.07 Å². The summed E-state index contributed by atoms with van der Waals surface area (Å²) >= 11 is 0. The summed E-state index contributed by atoms with van der Waals surface area (Å²) in [6, 6.07) is 5.67. The first kappa shape index (κ1) is 17.4. The third-order valence-corrected chi connectivity index (χ3v) is 5.22. The number of aromatic nitrogens is 2. The SMILES string of the molecule is Cc1nc2c(c(N3CC[C@H](C)C3)n1)CN(C(=O)c1ccc(F)c(C#N)c1)C2. The Labute approximate surface area is 157 Å². The Kier molecular flexibility index (Phi) is 4.27. The number of anilines is 1. The number of halogens is 1. The van der Waals surface area contributed by atoms with E-state index in [1.807, 2.05) is 6.92 Å². The van der Waals surface area contributed by atoms with Crippen LogP contribution in [0.1, 0.15) is 46.3 Å². The monoisotopic (exact) mass is 365 g/mol. The summed E-state index contributed by atoms with van der Waals surface area (Å²) in [5, 5.41) is 9.00. The van der Waals surface area contributed by atoms with E-state index >= 15 is 0 Å². The standard InChI is InChI=1S/C20H20FN5O/c1-12-5-6-25(9-12)19-16-10-26(11-18(16)23-13(2)24-19)20(27)14-3-4-17(21)15(7-14)8-22/h3-4,7,12H,5-6,9-11H2,1-2H3/t12-/m0/s1. The molecule has 2 aliphatic rings. The minimum Gasteiger partial charge on any atom is -0.356 e. The van der Waals surface area contributed by atoms with E-state index in [1.165, 1.54) is 12.1 Å². The minimum atomic E-state index is -0.620. The summed E-state index contributed by atoms with van der Waals surface area (Å²) in [6.45, 7) is 6.83. The van der Waals surface area contributed by atoms with Crippen LogP contribution in [0.15, 0.2) is 18.2 Å². The molecule has 27 heavy (non-hydrogen) atoms. The summed E-state index contributed by atoms with van der Waals surface area (Å²) in [7, 11) is 0. The molecule has 2 aliphatic heterocycles. The first-order chi connectivity index (χ1) is 13.0. The zero-order chi connectivity index (χ0) is 19.1. The summed E-state index contributed by atoms with van der Waals surface area (Å²) in [5.41, 5.74) is 2.04. The van der Waals surface area contributed by atoms with Gasteiger partial charge in [-0.1, -0.05) is 6.92 Å². The van der Waals surface area contributed by atoms with Gasteiger partial charge in [0.25, 0.3) is 5.91 Å². The molecule has 0 N–H and O–H groups in total. The molecule has 4 rings (SSSR count). The highest BCUT2D eigenvalue weighted by Crippen LogP contribution is 2.33. The van der Waals surface area contributed by atoms with E-state index in [0.717, 1.165) is 42.7 Å². The number of nitriles is 1. The second-order valence-electron chi connectivity index (χ2n) is 7.33. The molecule has 1 saturated heterocycles. The maximum atomic E-state index is 13.6. The largest absolute Gasteiger partial charge is 0.356 e. The molecule has 3 heterocycles. The van der Waals surface area contributed by atoms with Crippen molar-refractivity contribution in [2.24, 2.45) is 5.92 Å². The molecule has 0 radical (unpaired) electrons. The maximum absolute atomic E-state index is 13.6. The molecule has 1 amide bonds. The van der Waals surface area contributed by atoms with Crippen LogP contribution in [0, 0.1) is 30.0 Å². The Morgan fingerprint density at radius 3 is 2.85 bits per heavy atom. The summed E-state index contributed by atoms with van der Waals surface area (Å²) in [5.74, 6) is 1.40. The molecular formula is C20H20FN5O. The van der Waals surface area contributed by atoms with Gasteiger partial charge in [0, 0.05) is 24.2 Å². The van der Waals surface area contributed by atoms with Crippen LogP contribution in [-0.2, 0) is 13.1 Å². The Balaban J connectivity index is 1.63. The Morgan fingerprint density at radius 2 is 2.15 bits per heavy atom. The number of hydrogen-bond donors (Lipinski definition) is 0. The van der Waals surface area contributed by atoms with Gasteiger partial charge >= 0.3 is 0 Å². The van der Waals surface area contributed by atoms with E-state index in [9.17, 15) is 9.18 Å². The second-order valence-corrected chi connectivity index (χ2v) is 7.33. The van der Waals surface area contributed by atoms with Gasteiger partial charge in [-0.3, -0.25) is 4.79 Å². The van der Waals surface area contributed by atoms with Gasteiger partial charge in [-0.05, 0) is 37.5 Å². The lowest BCUT2D eigenvalue weighted by Crippen LogP contribution is -2.26. The van der Waals surface area contributed by atoms with Gasteiger partial charge in [0.15, 0.2) is 0 Å². The van der Waals surface area contributed by atoms with Crippen LogP contribution in [0.25, 0.3) is 0 Å². The third-order valence-electron chi connectivity index (χ3n) is 5.22. The van der Waals surface area contributed by atoms with E-state index in [2.05, 4.69) is 21.8 Å². The smallest absolute Gasteiger partial charge is 0.254 e. The number of aryl methyl sites for hydroxylation is 1. The van der Waals surface area contributed by atoms with Crippen molar-refractivity contribution in [1.82, 2.24) is 14.9 Å². The lowest BCUT2D eigenvalue weighted by atomic mass is 10.1. The molecule has 1 fully saturated rings. The van der Waals surface area contributed by atoms with Gasteiger partial charge in [-0.2, -0.15) is 5.26 Å². The molecule has 2 aromatic rings. The highest BCUT2D eigenvalue weighted by atomic mass is 19.1. The number of carbonyl (C=O) groups excluding carboxylic acids is 1. The van der Waals surface area contributed by atoms with Crippen molar-refractivity contribution < 1.29 is 9.18 Å². The summed E-state index contributed by atoms with van der Waals surface area (Å²) < 4.78 is 13.6. The summed E-state index contributed by atoms with van der Waals surface area (Å²) in [6.07, 6.45) is 1.13. The molecule has 6 nitrogen and oxygen atoms in total. The van der Waals surface area contributed by atoms with E-state index in [4.69, 9.17) is 5.26 Å². The number of carbonyl (C=O) groups is 1. The molecule has 1 aromatic heterocycles. The normalized spacial score (nSPS) is 18.5. The highest BCUT2D eigenvalue weighted by Gasteiger charge is 2.32. The van der Waals surface area contributed by atoms with Gasteiger partial charge in [-0.25, -0.2) is 14.4 Å². The van der Waals surface area contributed by atoms with Crippen molar-refractivity contribution in [1.29, 1.82) is 5.26 Å². The van der Waals surface area contributed by atoms with Gasteiger partial charge in [-0.15, -0.1) is 0 Å². The van der Waals surface area contributed by atoms with Crippen LogP contribution in [-0.4, -0.2) is 33.9 Å². The molecule has 1 atom stereocenters. The molecule has 0 saturated carbocycles. The second kappa shape index (κ2) is 6.62. The molecule has 0 unspecified atom stereocenters. The molecule has 0 aliphatic carbocycles. The van der Waals surface area contributed by atoms with Crippen molar-refractivity contribution in [2.75, 3.05) is 18.0 Å². The van der Waals surface area contributed by atoms with Crippen LogP contribution in [0.3, 0.4) is 0 Å². The van der Waals surface area contributed by atoms with Gasteiger partial charge < -0.3 is 9.80 Å². The lowest BCUT2D eigenvalue weighted by molar-refractivity contribution is 0.0750. The van der Waals surface area contributed by atoms with Gasteiger partial charge in [0.2, 0.25) is 0 Å². The third kappa shape index (κ3) is 3.12. The average Bonchev–Trinajstić information content (AvgIpc) is 3.27. The van der Waals surface area contributed by atoms with E-state index in [-0.39, 0.29) is 11.5 Å². The fourth-order valence-corrected chi connectivity index (χ4v) is 3.82. The number of rotatable bonds is 2. The Bertz CT molecular complexity index is 968.